The van der Waals surface area contributed by atoms with Crippen LogP contribution >= 0.6 is 54.5 Å². The van der Waals surface area contributed by atoms with E-state index < -0.39 is 0 Å². The van der Waals surface area contributed by atoms with Gasteiger partial charge in [0.2, 0.25) is 0 Å². The van der Waals surface area contributed by atoms with Crippen molar-refractivity contribution in [2.75, 3.05) is 18.0 Å². The Morgan fingerprint density at radius 3 is 2.14 bits per heavy atom. The Kier molecular flexibility index (Phi) is 36.4. The lowest BCUT2D eigenvalue weighted by atomic mass is 10.0. The van der Waals surface area contributed by atoms with Gasteiger partial charge in [-0.15, -0.1) is 22.7 Å². The Hall–Kier alpha value is -4.46. The second-order valence-electron chi connectivity index (χ2n) is 13.1. The summed E-state index contributed by atoms with van der Waals surface area (Å²) < 4.78 is 2.08. The average Bonchev–Trinajstić information content (AvgIpc) is 3.99. The molecule has 0 radical (unpaired) electrons. The van der Waals surface area contributed by atoms with Crippen molar-refractivity contribution < 1.29 is 0 Å². The zero-order chi connectivity index (χ0) is 47.1. The van der Waals surface area contributed by atoms with Crippen LogP contribution in [0.2, 0.25) is 0 Å². The molecule has 2 heterocycles. The predicted octanol–water partition coefficient (Wildman–Crippen LogP) is 19.5. The monoisotopic (exact) mass is 1010 g/mol. The van der Waals surface area contributed by atoms with E-state index in [1.165, 1.54) is 38.0 Å². The van der Waals surface area contributed by atoms with Gasteiger partial charge in [-0.05, 0) is 117 Å². The fourth-order valence-electron chi connectivity index (χ4n) is 5.52. The van der Waals surface area contributed by atoms with Crippen molar-refractivity contribution in [3.05, 3.63) is 225 Å². The number of nitrogens with zero attached hydrogens (tertiary/aromatic N) is 2. The molecule has 2 nitrogen and oxygen atoms in total. The number of thiophene rings is 2. The first kappa shape index (κ1) is 58.5. The van der Waals surface area contributed by atoms with Crippen molar-refractivity contribution in [3.8, 4) is 10.4 Å². The highest BCUT2D eigenvalue weighted by atomic mass is 79.9. The number of hydrogen-bond acceptors (Lipinski definition) is 4. The van der Waals surface area contributed by atoms with E-state index in [1.54, 1.807) is 40.9 Å². The molecule has 0 N–H and O–H groups in total. The van der Waals surface area contributed by atoms with E-state index in [4.69, 9.17) is 0 Å². The Bertz CT molecular complexity index is 2030. The molecule has 1 aromatic carbocycles. The third-order valence-electron chi connectivity index (χ3n) is 8.51. The van der Waals surface area contributed by atoms with Gasteiger partial charge in [0, 0.05) is 54.9 Å². The number of hydrogen-bond donors (Lipinski definition) is 0. The number of anilines is 1. The van der Waals surface area contributed by atoms with Crippen molar-refractivity contribution in [1.29, 1.82) is 0 Å². The van der Waals surface area contributed by atoms with Crippen molar-refractivity contribution in [1.82, 2.24) is 4.90 Å². The molecule has 4 rings (SSSR count). The first-order valence-corrected chi connectivity index (χ1v) is 25.4. The molecule has 0 aliphatic heterocycles. The summed E-state index contributed by atoms with van der Waals surface area (Å²) in [5.74, 6) is 0. The predicted molar refractivity (Wildman–Crippen MR) is 301 cm³/mol. The molecule has 3 aromatic rings. The molecule has 338 valence electrons. The second kappa shape index (κ2) is 39.2. The SMILES string of the molecule is C=C/C=C/c1cccs1.C=C/C=C\C=C/CN(C/C=C\C(Br)=C/CC)/C(C)=C/C=C(/Br)C=C.CC.CC.CC/C=C\C(C)N(C1=CC=CCC=C1)c1ccc(-c2cccs2)c(C)c1. The Balaban J connectivity index is 0.000000958. The second-order valence-corrected chi connectivity index (χ2v) is 16.9. The van der Waals surface area contributed by atoms with Crippen LogP contribution in [0.1, 0.15) is 85.1 Å². The standard InChI is InChI=1S/C24H27NS.C21H27Br2N.C8H8S.2C2H6/c1-4-5-11-20(3)25(21-12-8-6-7-9-13-21)22-15-16-23(19(2)18-22)24-14-10-17-26-24;1-5-8-9-10-11-17-24(18-12-14-21(23)13-6-2)19(4)15-16-20(22)7-3;1-2-3-5-8-6-4-7-9-8;2*1-2/h5-6,8-18,20H,4,7H2,1-3H3;5,7-16H,1,3,6,17-18H2,2,4H3;2-7H,1H2;2*1-2H3/b11-5-;9-8-,11-10-,14-12-,19-15+,20-16+,21-13+;5-3+;;. The Morgan fingerprint density at radius 2 is 1.52 bits per heavy atom. The first-order chi connectivity index (χ1) is 30.7. The van der Waals surface area contributed by atoms with Crippen LogP contribution in [0.3, 0.4) is 0 Å². The van der Waals surface area contributed by atoms with Crippen LogP contribution in [0, 0.1) is 6.92 Å². The third kappa shape index (κ3) is 26.1. The van der Waals surface area contributed by atoms with Gasteiger partial charge in [0.1, 0.15) is 0 Å². The molecular formula is C57H74Br2N2S2. The molecule has 2 aromatic heterocycles. The minimum atomic E-state index is 0.296. The van der Waals surface area contributed by atoms with Crippen molar-refractivity contribution in [3.63, 3.8) is 0 Å². The van der Waals surface area contributed by atoms with Gasteiger partial charge in [-0.25, -0.2) is 0 Å². The first-order valence-electron chi connectivity index (χ1n) is 22.0. The molecule has 1 atom stereocenters. The van der Waals surface area contributed by atoms with Gasteiger partial charge in [0.05, 0.1) is 0 Å². The van der Waals surface area contributed by atoms with Gasteiger partial charge in [0.25, 0.3) is 0 Å². The maximum atomic E-state index is 3.74. The lowest BCUT2D eigenvalue weighted by Gasteiger charge is -2.31. The highest BCUT2D eigenvalue weighted by Gasteiger charge is 2.17. The van der Waals surface area contributed by atoms with Crippen LogP contribution in [0.4, 0.5) is 5.69 Å². The van der Waals surface area contributed by atoms with Crippen LogP contribution < -0.4 is 4.90 Å². The van der Waals surface area contributed by atoms with Gasteiger partial charge >= 0.3 is 0 Å². The molecule has 0 amide bonds. The lowest BCUT2D eigenvalue weighted by Crippen LogP contribution is -2.30. The summed E-state index contributed by atoms with van der Waals surface area (Å²) in [6, 6.07) is 15.5. The van der Waals surface area contributed by atoms with E-state index in [0.717, 1.165) is 41.3 Å². The fourth-order valence-corrected chi connectivity index (χ4v) is 7.61. The van der Waals surface area contributed by atoms with Gasteiger partial charge in [0.15, 0.2) is 0 Å². The smallest absolute Gasteiger partial charge is 0.0494 e. The summed E-state index contributed by atoms with van der Waals surface area (Å²) in [6.45, 7) is 31.5. The van der Waals surface area contributed by atoms with E-state index in [-0.39, 0.29) is 0 Å². The zero-order valence-electron chi connectivity index (χ0n) is 39.5. The van der Waals surface area contributed by atoms with Crippen molar-refractivity contribution in [2.24, 2.45) is 0 Å². The normalized spacial score (nSPS) is 13.3. The molecule has 63 heavy (non-hydrogen) atoms. The quantitative estimate of drug-likeness (QED) is 0.0872. The van der Waals surface area contributed by atoms with Gasteiger partial charge in [-0.3, -0.25) is 0 Å². The number of aryl methyl sites for hydroxylation is 1. The summed E-state index contributed by atoms with van der Waals surface area (Å²) in [5.41, 5.74) is 6.30. The van der Waals surface area contributed by atoms with Crippen LogP contribution in [0.25, 0.3) is 16.5 Å². The van der Waals surface area contributed by atoms with E-state index in [2.05, 4.69) is 216 Å². The molecule has 6 heteroatoms. The van der Waals surface area contributed by atoms with Crippen LogP contribution in [0.15, 0.2) is 215 Å². The molecule has 1 aliphatic rings. The maximum absolute atomic E-state index is 3.74. The Labute approximate surface area is 409 Å². The third-order valence-corrected chi connectivity index (χ3v) is 11.4. The van der Waals surface area contributed by atoms with E-state index in [9.17, 15) is 0 Å². The minimum absolute atomic E-state index is 0.296. The highest BCUT2D eigenvalue weighted by molar-refractivity contribution is 9.12. The van der Waals surface area contributed by atoms with Crippen molar-refractivity contribution >= 4 is 66.3 Å². The topological polar surface area (TPSA) is 6.48 Å². The molecule has 1 aliphatic carbocycles. The minimum Gasteiger partial charge on any atom is -0.368 e. The summed E-state index contributed by atoms with van der Waals surface area (Å²) in [7, 11) is 0. The maximum Gasteiger partial charge on any atom is 0.0494 e. The molecule has 1 unspecified atom stereocenters. The molecule has 0 fully saturated rings. The molecular weight excluding hydrogens is 937 g/mol. The van der Waals surface area contributed by atoms with Crippen LogP contribution in [0.5, 0.6) is 0 Å². The summed E-state index contributed by atoms with van der Waals surface area (Å²) in [6.07, 6.45) is 46.5. The summed E-state index contributed by atoms with van der Waals surface area (Å²) in [5, 5.41) is 4.20. The average molecular weight is 1010 g/mol. The van der Waals surface area contributed by atoms with E-state index >= 15 is 0 Å². The Morgan fingerprint density at radius 1 is 0.810 bits per heavy atom. The molecule has 0 saturated carbocycles. The van der Waals surface area contributed by atoms with Crippen LogP contribution in [-0.2, 0) is 0 Å². The number of allylic oxidation sites excluding steroid dienone is 20. The largest absolute Gasteiger partial charge is 0.368 e. The van der Waals surface area contributed by atoms with Gasteiger partial charge < -0.3 is 9.80 Å². The van der Waals surface area contributed by atoms with E-state index in [1.807, 2.05) is 70.2 Å². The molecule has 0 spiro atoms. The zero-order valence-corrected chi connectivity index (χ0v) is 44.3. The summed E-state index contributed by atoms with van der Waals surface area (Å²) in [4.78, 5) is 7.32. The lowest BCUT2D eigenvalue weighted by molar-refractivity contribution is 0.422. The van der Waals surface area contributed by atoms with Gasteiger partial charge in [-0.2, -0.15) is 0 Å². The van der Waals surface area contributed by atoms with Gasteiger partial charge in [-0.1, -0.05) is 209 Å². The highest BCUT2D eigenvalue weighted by Crippen LogP contribution is 2.33. The van der Waals surface area contributed by atoms with Crippen molar-refractivity contribution in [2.45, 2.75) is 87.6 Å². The number of rotatable bonds is 19. The fraction of sp³-hybridized carbons (Fsp3) is 0.263. The molecule has 0 bridgehead atoms. The number of halogens is 2. The van der Waals surface area contributed by atoms with E-state index in [0.29, 0.717) is 6.04 Å². The molecule has 0 saturated heterocycles. The van der Waals surface area contributed by atoms with Crippen LogP contribution in [-0.4, -0.2) is 24.0 Å². The summed E-state index contributed by atoms with van der Waals surface area (Å²) >= 11 is 10.5. The number of benzene rings is 1.